The van der Waals surface area contributed by atoms with Gasteiger partial charge < -0.3 is 9.47 Å². The van der Waals surface area contributed by atoms with E-state index in [9.17, 15) is 14.4 Å². The van der Waals surface area contributed by atoms with Crippen molar-refractivity contribution in [3.63, 3.8) is 0 Å². The number of anilines is 1. The second-order valence-electron chi connectivity index (χ2n) is 6.73. The van der Waals surface area contributed by atoms with Crippen LogP contribution in [0.2, 0.25) is 0 Å². The summed E-state index contributed by atoms with van der Waals surface area (Å²) in [6.45, 7) is 7.88. The topological polar surface area (TPSA) is 99.5 Å². The van der Waals surface area contributed by atoms with Crippen LogP contribution < -0.4 is 10.9 Å². The summed E-state index contributed by atoms with van der Waals surface area (Å²) < 4.78 is 11.2. The van der Waals surface area contributed by atoms with Crippen molar-refractivity contribution in [2.45, 2.75) is 33.6 Å². The maximum Gasteiger partial charge on any atom is 0.412 e. The number of esters is 1. The van der Waals surface area contributed by atoms with Crippen LogP contribution in [0.25, 0.3) is 16.5 Å². The molecule has 3 aromatic rings. The number of nitrogens with zero attached hydrogens (tertiary/aromatic N) is 2. The van der Waals surface area contributed by atoms with Crippen molar-refractivity contribution in [3.05, 3.63) is 51.3 Å². The minimum atomic E-state index is -0.678. The fourth-order valence-electron chi connectivity index (χ4n) is 2.93. The Morgan fingerprint density at radius 3 is 2.40 bits per heavy atom. The summed E-state index contributed by atoms with van der Waals surface area (Å²) in [5.41, 5.74) is 1.17. The second kappa shape index (κ2) is 9.08. The minimum Gasteiger partial charge on any atom is -0.461 e. The number of hydrogen-bond donors (Lipinski definition) is 1. The van der Waals surface area contributed by atoms with Gasteiger partial charge in [0.15, 0.2) is 5.69 Å². The highest BCUT2D eigenvalue weighted by atomic mass is 32.1. The minimum absolute atomic E-state index is 0.00699. The van der Waals surface area contributed by atoms with Crippen LogP contribution in [0.5, 0.6) is 0 Å². The summed E-state index contributed by atoms with van der Waals surface area (Å²) in [5.74, 6) is -0.311. The van der Waals surface area contributed by atoms with E-state index in [-0.39, 0.29) is 29.3 Å². The maximum absolute atomic E-state index is 13.3. The molecule has 1 N–H and O–H groups in total. The molecule has 2 heterocycles. The highest BCUT2D eigenvalue weighted by Gasteiger charge is 2.23. The third kappa shape index (κ3) is 4.20. The summed E-state index contributed by atoms with van der Waals surface area (Å²) in [6, 6.07) is 7.37. The SMILES string of the molecule is CCOC(=O)Nc1scc2c(C(=O)OCC)nn(-c3ccc(C(C)C)cc3)c(=O)c12. The molecule has 9 heteroatoms. The standard InChI is InChI=1S/C21H23N3O5S/c1-5-28-20(26)17-15-11-30-18(22-21(27)29-6-2)16(15)19(25)24(23-17)14-9-7-13(8-10-14)12(3)4/h7-12H,5-6H2,1-4H3,(H,22,27). The average Bonchev–Trinajstić information content (AvgIpc) is 3.12. The van der Waals surface area contributed by atoms with E-state index in [0.29, 0.717) is 17.0 Å². The molecule has 0 atom stereocenters. The number of thiophene rings is 1. The number of ether oxygens (including phenoxy) is 2. The van der Waals surface area contributed by atoms with Crippen LogP contribution in [0.4, 0.5) is 9.80 Å². The molecule has 0 spiro atoms. The van der Waals surface area contributed by atoms with Crippen LogP contribution in [0, 0.1) is 0 Å². The molecular weight excluding hydrogens is 406 g/mol. The normalized spacial score (nSPS) is 11.0. The molecule has 1 aromatic carbocycles. The molecule has 0 radical (unpaired) electrons. The summed E-state index contributed by atoms with van der Waals surface area (Å²) in [5, 5.41) is 9.25. The van der Waals surface area contributed by atoms with Gasteiger partial charge in [0, 0.05) is 10.8 Å². The van der Waals surface area contributed by atoms with Crippen molar-refractivity contribution < 1.29 is 19.1 Å². The lowest BCUT2D eigenvalue weighted by Gasteiger charge is -2.11. The van der Waals surface area contributed by atoms with Gasteiger partial charge in [0.1, 0.15) is 5.00 Å². The molecule has 0 aliphatic carbocycles. The van der Waals surface area contributed by atoms with Crippen LogP contribution in [0.1, 0.15) is 49.7 Å². The smallest absolute Gasteiger partial charge is 0.412 e. The van der Waals surface area contributed by atoms with Gasteiger partial charge in [0.25, 0.3) is 5.56 Å². The van der Waals surface area contributed by atoms with E-state index in [0.717, 1.165) is 21.6 Å². The van der Waals surface area contributed by atoms with Gasteiger partial charge >= 0.3 is 12.1 Å². The Hall–Kier alpha value is -3.20. The van der Waals surface area contributed by atoms with Gasteiger partial charge in [-0.2, -0.15) is 9.78 Å². The Morgan fingerprint density at radius 2 is 1.80 bits per heavy atom. The first-order chi connectivity index (χ1) is 14.4. The first-order valence-electron chi connectivity index (χ1n) is 9.63. The maximum atomic E-state index is 13.3. The first-order valence-corrected chi connectivity index (χ1v) is 10.5. The van der Waals surface area contributed by atoms with Crippen molar-refractivity contribution >= 4 is 39.2 Å². The molecule has 30 heavy (non-hydrogen) atoms. The zero-order chi connectivity index (χ0) is 21.8. The third-order valence-electron chi connectivity index (χ3n) is 4.42. The molecule has 0 bridgehead atoms. The largest absolute Gasteiger partial charge is 0.461 e. The molecule has 0 fully saturated rings. The zero-order valence-corrected chi connectivity index (χ0v) is 18.0. The second-order valence-corrected chi connectivity index (χ2v) is 7.61. The molecule has 0 unspecified atom stereocenters. The van der Waals surface area contributed by atoms with E-state index in [4.69, 9.17) is 9.47 Å². The van der Waals surface area contributed by atoms with Gasteiger partial charge in [-0.1, -0.05) is 26.0 Å². The predicted molar refractivity (Wildman–Crippen MR) is 116 cm³/mol. The van der Waals surface area contributed by atoms with E-state index in [1.165, 1.54) is 0 Å². The summed E-state index contributed by atoms with van der Waals surface area (Å²) in [7, 11) is 0. The third-order valence-corrected chi connectivity index (χ3v) is 5.31. The summed E-state index contributed by atoms with van der Waals surface area (Å²) >= 11 is 1.12. The molecule has 0 aliphatic rings. The lowest BCUT2D eigenvalue weighted by molar-refractivity contribution is 0.0520. The molecule has 8 nitrogen and oxygen atoms in total. The molecule has 0 saturated carbocycles. The highest BCUT2D eigenvalue weighted by molar-refractivity contribution is 7.16. The number of benzene rings is 1. The Bertz CT molecular complexity index is 1130. The Kier molecular flexibility index (Phi) is 6.51. The molecule has 0 aliphatic heterocycles. The van der Waals surface area contributed by atoms with Crippen LogP contribution in [-0.4, -0.2) is 35.1 Å². The summed E-state index contributed by atoms with van der Waals surface area (Å²) in [6.07, 6.45) is -0.678. The number of amides is 1. The van der Waals surface area contributed by atoms with Crippen LogP contribution in [0.3, 0.4) is 0 Å². The first kappa shape index (κ1) is 21.5. The number of hydrogen-bond acceptors (Lipinski definition) is 7. The van der Waals surface area contributed by atoms with Gasteiger partial charge in [-0.3, -0.25) is 10.1 Å². The number of nitrogens with one attached hydrogen (secondary N) is 1. The number of carbonyl (C=O) groups is 2. The van der Waals surface area contributed by atoms with Crippen LogP contribution in [0.15, 0.2) is 34.4 Å². The molecule has 2 aromatic heterocycles. The Morgan fingerprint density at radius 1 is 1.13 bits per heavy atom. The monoisotopic (exact) mass is 429 g/mol. The number of carbonyl (C=O) groups excluding carboxylic acids is 2. The predicted octanol–water partition coefficient (Wildman–Crippen LogP) is 4.32. The van der Waals surface area contributed by atoms with E-state index in [1.807, 2.05) is 12.1 Å². The van der Waals surface area contributed by atoms with Crippen molar-refractivity contribution in [2.24, 2.45) is 0 Å². The number of fused-ring (bicyclic) bond motifs is 1. The van der Waals surface area contributed by atoms with Crippen LogP contribution >= 0.6 is 11.3 Å². The van der Waals surface area contributed by atoms with Crippen molar-refractivity contribution in [2.75, 3.05) is 18.5 Å². The van der Waals surface area contributed by atoms with Crippen molar-refractivity contribution in [1.29, 1.82) is 0 Å². The quantitative estimate of drug-likeness (QED) is 0.586. The van der Waals surface area contributed by atoms with Gasteiger partial charge in [0.05, 0.1) is 24.3 Å². The fraction of sp³-hybridized carbons (Fsp3) is 0.333. The van der Waals surface area contributed by atoms with E-state index >= 15 is 0 Å². The highest BCUT2D eigenvalue weighted by Crippen LogP contribution is 2.31. The fourth-order valence-corrected chi connectivity index (χ4v) is 3.85. The van der Waals surface area contributed by atoms with Gasteiger partial charge in [-0.05, 0) is 37.5 Å². The van der Waals surface area contributed by atoms with Crippen molar-refractivity contribution in [3.8, 4) is 5.69 Å². The van der Waals surface area contributed by atoms with Gasteiger partial charge in [0.2, 0.25) is 0 Å². The zero-order valence-electron chi connectivity index (χ0n) is 17.2. The number of aromatic nitrogens is 2. The average molecular weight is 429 g/mol. The van der Waals surface area contributed by atoms with E-state index in [2.05, 4.69) is 24.3 Å². The van der Waals surface area contributed by atoms with E-state index in [1.54, 1.807) is 31.4 Å². The molecular formula is C21H23N3O5S. The lowest BCUT2D eigenvalue weighted by Crippen LogP contribution is -2.25. The van der Waals surface area contributed by atoms with Gasteiger partial charge in [-0.15, -0.1) is 11.3 Å². The van der Waals surface area contributed by atoms with Crippen LogP contribution in [-0.2, 0) is 9.47 Å². The molecule has 158 valence electrons. The molecule has 1 amide bonds. The Balaban J connectivity index is 2.21. The summed E-state index contributed by atoms with van der Waals surface area (Å²) in [4.78, 5) is 37.7. The molecule has 3 rings (SSSR count). The van der Waals surface area contributed by atoms with E-state index < -0.39 is 17.6 Å². The molecule has 0 saturated heterocycles. The van der Waals surface area contributed by atoms with Gasteiger partial charge in [-0.25, -0.2) is 9.59 Å². The number of rotatable bonds is 6. The lowest BCUT2D eigenvalue weighted by atomic mass is 10.0. The Labute approximate surface area is 177 Å². The van der Waals surface area contributed by atoms with Crippen molar-refractivity contribution in [1.82, 2.24) is 9.78 Å².